The zero-order valence-electron chi connectivity index (χ0n) is 9.81. The standard InChI is InChI=1S/C15H11ClO2/c1-10(17)11-2-4-12(5-3-11)13-6-8-14(9-7-13)15(16)18/h2-9H,1H3. The zero-order chi connectivity index (χ0) is 13.1. The molecule has 0 fully saturated rings. The van der Waals surface area contributed by atoms with Gasteiger partial charge in [0.25, 0.3) is 5.24 Å². The molecule has 0 atom stereocenters. The van der Waals surface area contributed by atoms with E-state index in [1.807, 2.05) is 24.3 Å². The molecule has 2 aromatic rings. The summed E-state index contributed by atoms with van der Waals surface area (Å²) in [4.78, 5) is 22.1. The van der Waals surface area contributed by atoms with E-state index in [2.05, 4.69) is 0 Å². The summed E-state index contributed by atoms with van der Waals surface area (Å²) in [6.07, 6.45) is 0. The highest BCUT2D eigenvalue weighted by atomic mass is 35.5. The Labute approximate surface area is 110 Å². The van der Waals surface area contributed by atoms with Crippen LogP contribution in [0.25, 0.3) is 11.1 Å². The van der Waals surface area contributed by atoms with Gasteiger partial charge in [0.05, 0.1) is 0 Å². The van der Waals surface area contributed by atoms with E-state index in [1.165, 1.54) is 6.92 Å². The maximum Gasteiger partial charge on any atom is 0.252 e. The number of hydrogen-bond donors (Lipinski definition) is 0. The Balaban J connectivity index is 2.31. The molecule has 2 rings (SSSR count). The van der Waals surface area contributed by atoms with Crippen molar-refractivity contribution in [1.29, 1.82) is 0 Å². The van der Waals surface area contributed by atoms with Gasteiger partial charge in [0.2, 0.25) is 0 Å². The van der Waals surface area contributed by atoms with Crippen LogP contribution in [0.2, 0.25) is 0 Å². The van der Waals surface area contributed by atoms with Gasteiger partial charge in [0.15, 0.2) is 5.78 Å². The van der Waals surface area contributed by atoms with Crippen LogP contribution in [0.1, 0.15) is 27.6 Å². The molecule has 0 amide bonds. The molecule has 2 aromatic carbocycles. The van der Waals surface area contributed by atoms with Crippen LogP contribution in [-0.2, 0) is 0 Å². The molecule has 0 aromatic heterocycles. The quantitative estimate of drug-likeness (QED) is 0.617. The Morgan fingerprint density at radius 2 is 1.17 bits per heavy atom. The first-order valence-corrected chi connectivity index (χ1v) is 5.87. The predicted octanol–water partition coefficient (Wildman–Crippen LogP) is 3.94. The fourth-order valence-electron chi connectivity index (χ4n) is 1.69. The lowest BCUT2D eigenvalue weighted by Crippen LogP contribution is -1.91. The smallest absolute Gasteiger partial charge is 0.252 e. The summed E-state index contributed by atoms with van der Waals surface area (Å²) in [5.41, 5.74) is 3.13. The van der Waals surface area contributed by atoms with Gasteiger partial charge in [-0.3, -0.25) is 9.59 Å². The molecule has 0 N–H and O–H groups in total. The van der Waals surface area contributed by atoms with Gasteiger partial charge in [-0.05, 0) is 41.8 Å². The van der Waals surface area contributed by atoms with E-state index >= 15 is 0 Å². The number of benzene rings is 2. The zero-order valence-corrected chi connectivity index (χ0v) is 10.6. The summed E-state index contributed by atoms with van der Waals surface area (Å²) in [6, 6.07) is 14.4. The SMILES string of the molecule is CC(=O)c1ccc(-c2ccc(C(=O)Cl)cc2)cc1. The highest BCUT2D eigenvalue weighted by Crippen LogP contribution is 2.21. The van der Waals surface area contributed by atoms with Gasteiger partial charge in [-0.25, -0.2) is 0 Å². The molecular weight excluding hydrogens is 248 g/mol. The average molecular weight is 259 g/mol. The minimum Gasteiger partial charge on any atom is -0.295 e. The van der Waals surface area contributed by atoms with Crippen LogP contribution >= 0.6 is 11.6 Å². The normalized spacial score (nSPS) is 10.1. The van der Waals surface area contributed by atoms with E-state index in [0.29, 0.717) is 11.1 Å². The number of carbonyl (C=O) groups excluding carboxylic acids is 2. The lowest BCUT2D eigenvalue weighted by atomic mass is 10.0. The number of ketones is 1. The fourth-order valence-corrected chi connectivity index (χ4v) is 1.82. The van der Waals surface area contributed by atoms with Crippen molar-refractivity contribution in [2.24, 2.45) is 0 Å². The first kappa shape index (κ1) is 12.5. The van der Waals surface area contributed by atoms with Crippen molar-refractivity contribution in [3.05, 3.63) is 59.7 Å². The molecule has 3 heteroatoms. The topological polar surface area (TPSA) is 34.1 Å². The Hall–Kier alpha value is -1.93. The van der Waals surface area contributed by atoms with E-state index in [9.17, 15) is 9.59 Å². The Kier molecular flexibility index (Phi) is 3.58. The molecule has 0 spiro atoms. The Morgan fingerprint density at radius 3 is 1.50 bits per heavy atom. The van der Waals surface area contributed by atoms with Crippen LogP contribution in [0.3, 0.4) is 0 Å². The third kappa shape index (κ3) is 2.66. The maximum absolute atomic E-state index is 11.2. The molecule has 0 heterocycles. The minimum atomic E-state index is -0.464. The highest BCUT2D eigenvalue weighted by molar-refractivity contribution is 6.67. The third-order valence-corrected chi connectivity index (χ3v) is 2.95. The van der Waals surface area contributed by atoms with Crippen molar-refractivity contribution in [1.82, 2.24) is 0 Å². The van der Waals surface area contributed by atoms with Gasteiger partial charge >= 0.3 is 0 Å². The van der Waals surface area contributed by atoms with Gasteiger partial charge in [0.1, 0.15) is 0 Å². The molecule has 0 aliphatic rings. The summed E-state index contributed by atoms with van der Waals surface area (Å²) in [6.45, 7) is 1.54. The van der Waals surface area contributed by atoms with E-state index < -0.39 is 5.24 Å². The summed E-state index contributed by atoms with van der Waals surface area (Å²) in [7, 11) is 0. The van der Waals surface area contributed by atoms with E-state index in [-0.39, 0.29) is 5.78 Å². The van der Waals surface area contributed by atoms with Crippen molar-refractivity contribution < 1.29 is 9.59 Å². The van der Waals surface area contributed by atoms with Crippen molar-refractivity contribution in [2.75, 3.05) is 0 Å². The summed E-state index contributed by atoms with van der Waals surface area (Å²) < 4.78 is 0. The van der Waals surface area contributed by atoms with Gasteiger partial charge in [-0.2, -0.15) is 0 Å². The van der Waals surface area contributed by atoms with Gasteiger partial charge in [-0.15, -0.1) is 0 Å². The monoisotopic (exact) mass is 258 g/mol. The number of rotatable bonds is 3. The molecule has 2 nitrogen and oxygen atoms in total. The molecule has 90 valence electrons. The Bertz CT molecular complexity index is 527. The van der Waals surface area contributed by atoms with Gasteiger partial charge in [-0.1, -0.05) is 36.4 Å². The van der Waals surface area contributed by atoms with Crippen molar-refractivity contribution in [3.63, 3.8) is 0 Å². The minimum absolute atomic E-state index is 0.0460. The highest BCUT2D eigenvalue weighted by Gasteiger charge is 2.03. The van der Waals surface area contributed by atoms with E-state index in [0.717, 1.165) is 11.1 Å². The lowest BCUT2D eigenvalue weighted by molar-refractivity contribution is 0.101. The first-order valence-electron chi connectivity index (χ1n) is 5.49. The van der Waals surface area contributed by atoms with Crippen LogP contribution in [0, 0.1) is 0 Å². The molecular formula is C15H11ClO2. The third-order valence-electron chi connectivity index (χ3n) is 2.74. The van der Waals surface area contributed by atoms with Gasteiger partial charge in [0, 0.05) is 11.1 Å². The van der Waals surface area contributed by atoms with Gasteiger partial charge < -0.3 is 0 Å². The molecule has 0 saturated heterocycles. The molecule has 0 aliphatic carbocycles. The second-order valence-corrected chi connectivity index (χ2v) is 4.33. The summed E-state index contributed by atoms with van der Waals surface area (Å²) >= 11 is 5.38. The van der Waals surface area contributed by atoms with Crippen molar-refractivity contribution in [3.8, 4) is 11.1 Å². The van der Waals surface area contributed by atoms with Crippen LogP contribution in [0.5, 0.6) is 0 Å². The molecule has 18 heavy (non-hydrogen) atoms. The molecule has 0 aliphatic heterocycles. The molecule has 0 radical (unpaired) electrons. The molecule has 0 bridgehead atoms. The van der Waals surface area contributed by atoms with Crippen LogP contribution < -0.4 is 0 Å². The number of hydrogen-bond acceptors (Lipinski definition) is 2. The second kappa shape index (κ2) is 5.15. The lowest BCUT2D eigenvalue weighted by Gasteiger charge is -2.03. The summed E-state index contributed by atoms with van der Waals surface area (Å²) in [5, 5.41) is -0.464. The van der Waals surface area contributed by atoms with E-state index in [4.69, 9.17) is 11.6 Å². The maximum atomic E-state index is 11.2. The second-order valence-electron chi connectivity index (χ2n) is 3.98. The molecule has 0 saturated carbocycles. The van der Waals surface area contributed by atoms with Crippen molar-refractivity contribution in [2.45, 2.75) is 6.92 Å². The molecule has 0 unspecified atom stereocenters. The summed E-state index contributed by atoms with van der Waals surface area (Å²) in [5.74, 6) is 0.0460. The van der Waals surface area contributed by atoms with Crippen LogP contribution in [0.4, 0.5) is 0 Å². The number of Topliss-reactive ketones (excluding diaryl/α,β-unsaturated/α-hetero) is 1. The first-order chi connectivity index (χ1) is 8.58. The fraction of sp³-hybridized carbons (Fsp3) is 0.0667. The number of halogens is 1. The largest absolute Gasteiger partial charge is 0.295 e. The Morgan fingerprint density at radius 1 is 0.778 bits per heavy atom. The number of carbonyl (C=O) groups is 2. The van der Waals surface area contributed by atoms with Crippen molar-refractivity contribution >= 4 is 22.6 Å². The average Bonchev–Trinajstić information content (AvgIpc) is 2.39. The van der Waals surface area contributed by atoms with Crippen LogP contribution in [-0.4, -0.2) is 11.0 Å². The van der Waals surface area contributed by atoms with Crippen LogP contribution in [0.15, 0.2) is 48.5 Å². The van der Waals surface area contributed by atoms with E-state index in [1.54, 1.807) is 24.3 Å². The predicted molar refractivity (Wildman–Crippen MR) is 72.1 cm³/mol.